The zero-order valence-corrected chi connectivity index (χ0v) is 20.2. The molecule has 0 fully saturated rings. The van der Waals surface area contributed by atoms with Gasteiger partial charge in [0.1, 0.15) is 5.75 Å². The molecule has 35 heavy (non-hydrogen) atoms. The molecule has 0 aliphatic carbocycles. The molecule has 170 valence electrons. The minimum absolute atomic E-state index is 0.869. The normalized spacial score (nSPS) is 11.3. The number of anilines is 1. The largest absolute Gasteiger partial charge is 0.496 e. The van der Waals surface area contributed by atoms with Gasteiger partial charge >= 0.3 is 0 Å². The summed E-state index contributed by atoms with van der Waals surface area (Å²) in [5.41, 5.74) is 6.96. The fraction of sp³-hybridized carbons (Fsp3) is 0.0938. The van der Waals surface area contributed by atoms with Gasteiger partial charge in [0.05, 0.1) is 17.9 Å². The first-order valence-electron chi connectivity index (χ1n) is 11.9. The predicted octanol–water partition coefficient (Wildman–Crippen LogP) is 7.16. The van der Waals surface area contributed by atoms with Crippen molar-refractivity contribution in [1.29, 1.82) is 0 Å². The first kappa shape index (κ1) is 21.2. The highest BCUT2D eigenvalue weighted by atomic mass is 16.5. The Morgan fingerprint density at radius 2 is 1.40 bits per heavy atom. The third kappa shape index (κ3) is 3.39. The van der Waals surface area contributed by atoms with Crippen molar-refractivity contribution in [3.63, 3.8) is 0 Å². The number of aromatic nitrogens is 1. The number of fused-ring (bicyclic) bond motifs is 3. The maximum absolute atomic E-state index is 5.98. The van der Waals surface area contributed by atoms with Crippen molar-refractivity contribution in [2.24, 2.45) is 0 Å². The zero-order valence-electron chi connectivity index (χ0n) is 20.2. The molecule has 1 aromatic heterocycles. The molecule has 0 unspecified atom stereocenters. The highest BCUT2D eigenvalue weighted by Crippen LogP contribution is 2.42. The summed E-state index contributed by atoms with van der Waals surface area (Å²) in [6, 6.07) is 38.8. The van der Waals surface area contributed by atoms with Crippen LogP contribution in [0.5, 0.6) is 5.75 Å². The van der Waals surface area contributed by atoms with Crippen LogP contribution in [0.4, 0.5) is 5.69 Å². The molecule has 1 heterocycles. The summed E-state index contributed by atoms with van der Waals surface area (Å²) in [7, 11) is 5.93. The fourth-order valence-electron chi connectivity index (χ4n) is 5.16. The van der Waals surface area contributed by atoms with E-state index in [9.17, 15) is 0 Å². The van der Waals surface area contributed by atoms with Gasteiger partial charge in [0.2, 0.25) is 16.7 Å². The van der Waals surface area contributed by atoms with Crippen LogP contribution >= 0.6 is 0 Å². The summed E-state index contributed by atoms with van der Waals surface area (Å²) in [6.45, 7) is 0. The van der Waals surface area contributed by atoms with Gasteiger partial charge in [-0.3, -0.25) is 0 Å². The first-order valence-corrected chi connectivity index (χ1v) is 11.9. The van der Waals surface area contributed by atoms with Crippen LogP contribution in [0.3, 0.4) is 0 Å². The van der Waals surface area contributed by atoms with Crippen LogP contribution in [0.2, 0.25) is 0 Å². The lowest BCUT2D eigenvalue weighted by Crippen LogP contribution is -2.33. The molecule has 6 aromatic rings. The van der Waals surface area contributed by atoms with E-state index in [2.05, 4.69) is 133 Å². The molecular weight excluding hydrogens is 428 g/mol. The lowest BCUT2D eigenvalue weighted by molar-refractivity contribution is -0.537. The van der Waals surface area contributed by atoms with Gasteiger partial charge in [0, 0.05) is 49.6 Å². The number of hydrogen-bond acceptors (Lipinski definition) is 2. The SMILES string of the molecule is COc1cccc2c1c(-c1cccc3ccccc13)c1ccc(N(C)C)cc1[n+]2-c1ccccc1. The minimum atomic E-state index is 0.869. The Morgan fingerprint density at radius 1 is 0.657 bits per heavy atom. The molecule has 0 aliphatic heterocycles. The minimum Gasteiger partial charge on any atom is -0.496 e. The molecule has 0 amide bonds. The van der Waals surface area contributed by atoms with Crippen LogP contribution < -0.4 is 14.2 Å². The smallest absolute Gasteiger partial charge is 0.223 e. The topological polar surface area (TPSA) is 16.4 Å². The second-order valence-electron chi connectivity index (χ2n) is 9.02. The number of hydrogen-bond donors (Lipinski definition) is 0. The van der Waals surface area contributed by atoms with Crippen LogP contribution in [0.15, 0.2) is 109 Å². The highest BCUT2D eigenvalue weighted by Gasteiger charge is 2.26. The van der Waals surface area contributed by atoms with Crippen molar-refractivity contribution < 1.29 is 9.30 Å². The third-order valence-electron chi connectivity index (χ3n) is 6.80. The molecule has 0 aliphatic rings. The van der Waals surface area contributed by atoms with E-state index in [0.29, 0.717) is 0 Å². The first-order chi connectivity index (χ1) is 17.2. The lowest BCUT2D eigenvalue weighted by atomic mass is 9.91. The van der Waals surface area contributed by atoms with Crippen LogP contribution in [-0.4, -0.2) is 21.2 Å². The fourth-order valence-corrected chi connectivity index (χ4v) is 5.16. The van der Waals surface area contributed by atoms with E-state index in [1.165, 1.54) is 27.3 Å². The van der Waals surface area contributed by atoms with E-state index in [1.807, 2.05) is 0 Å². The summed E-state index contributed by atoms with van der Waals surface area (Å²) in [4.78, 5) is 2.15. The number of benzene rings is 5. The average Bonchev–Trinajstić information content (AvgIpc) is 2.91. The van der Waals surface area contributed by atoms with E-state index >= 15 is 0 Å². The summed E-state index contributed by atoms with van der Waals surface area (Å²) < 4.78 is 8.34. The molecular formula is C32H27N2O+. The van der Waals surface area contributed by atoms with Gasteiger partial charge in [-0.1, -0.05) is 66.7 Å². The number of methoxy groups -OCH3 is 1. The Kier molecular flexibility index (Phi) is 5.11. The number of rotatable bonds is 4. The predicted molar refractivity (Wildman–Crippen MR) is 147 cm³/mol. The monoisotopic (exact) mass is 455 g/mol. The average molecular weight is 456 g/mol. The second-order valence-corrected chi connectivity index (χ2v) is 9.02. The van der Waals surface area contributed by atoms with E-state index in [0.717, 1.165) is 33.5 Å². The summed E-state index contributed by atoms with van der Waals surface area (Å²) in [5.74, 6) is 0.869. The number of pyridine rings is 1. The Hall–Kier alpha value is -4.37. The van der Waals surface area contributed by atoms with Gasteiger partial charge in [0.15, 0.2) is 0 Å². The molecule has 0 bridgehead atoms. The summed E-state index contributed by atoms with van der Waals surface area (Å²) in [6.07, 6.45) is 0. The number of para-hydroxylation sites is 1. The molecule has 0 radical (unpaired) electrons. The van der Waals surface area contributed by atoms with Gasteiger partial charge in [-0.15, -0.1) is 0 Å². The van der Waals surface area contributed by atoms with Crippen molar-refractivity contribution in [3.05, 3.63) is 109 Å². The molecule has 0 saturated carbocycles. The lowest BCUT2D eigenvalue weighted by Gasteiger charge is -2.18. The summed E-state index contributed by atoms with van der Waals surface area (Å²) >= 11 is 0. The maximum Gasteiger partial charge on any atom is 0.223 e. The summed E-state index contributed by atoms with van der Waals surface area (Å²) in [5, 5.41) is 4.76. The molecule has 5 aromatic carbocycles. The van der Waals surface area contributed by atoms with Crippen LogP contribution in [0.25, 0.3) is 49.4 Å². The standard InChI is InChI=1S/C32H27N2O/c1-33(2)24-19-20-27-29(21-24)34(23-13-5-4-6-14-23)28-17-10-18-30(35-3)32(28)31(27)26-16-9-12-22-11-7-8-15-25(22)26/h4-21H,1-3H3/q+1. The Balaban J connectivity index is 1.89. The van der Waals surface area contributed by atoms with E-state index in [4.69, 9.17) is 4.74 Å². The van der Waals surface area contributed by atoms with Crippen molar-refractivity contribution >= 4 is 38.3 Å². The Morgan fingerprint density at radius 3 is 2.20 bits per heavy atom. The Labute approximate surface area is 205 Å². The van der Waals surface area contributed by atoms with Gasteiger partial charge in [-0.25, -0.2) is 0 Å². The van der Waals surface area contributed by atoms with E-state index in [-0.39, 0.29) is 0 Å². The van der Waals surface area contributed by atoms with Crippen LogP contribution in [0.1, 0.15) is 0 Å². The second kappa shape index (κ2) is 8.44. The van der Waals surface area contributed by atoms with Gasteiger partial charge in [0.25, 0.3) is 0 Å². The number of nitrogens with zero attached hydrogens (tertiary/aromatic N) is 2. The zero-order chi connectivity index (χ0) is 23.9. The van der Waals surface area contributed by atoms with Crippen molar-refractivity contribution in [2.45, 2.75) is 0 Å². The highest BCUT2D eigenvalue weighted by molar-refractivity contribution is 6.15. The molecule has 3 nitrogen and oxygen atoms in total. The molecule has 0 atom stereocenters. The molecule has 0 saturated heterocycles. The number of ether oxygens (including phenoxy) is 1. The van der Waals surface area contributed by atoms with Crippen molar-refractivity contribution in [1.82, 2.24) is 0 Å². The molecule has 6 rings (SSSR count). The van der Waals surface area contributed by atoms with Crippen molar-refractivity contribution in [3.8, 4) is 22.6 Å². The quantitative estimate of drug-likeness (QED) is 0.207. The van der Waals surface area contributed by atoms with Gasteiger partial charge < -0.3 is 9.64 Å². The maximum atomic E-state index is 5.98. The van der Waals surface area contributed by atoms with E-state index < -0.39 is 0 Å². The molecule has 3 heteroatoms. The van der Waals surface area contributed by atoms with E-state index in [1.54, 1.807) is 7.11 Å². The van der Waals surface area contributed by atoms with Gasteiger partial charge in [-0.2, -0.15) is 4.57 Å². The van der Waals surface area contributed by atoms with Crippen LogP contribution in [0, 0.1) is 0 Å². The van der Waals surface area contributed by atoms with Gasteiger partial charge in [-0.05, 0) is 34.5 Å². The third-order valence-corrected chi connectivity index (χ3v) is 6.80. The van der Waals surface area contributed by atoms with Crippen LogP contribution in [-0.2, 0) is 0 Å². The van der Waals surface area contributed by atoms with Crippen molar-refractivity contribution in [2.75, 3.05) is 26.1 Å². The molecule has 0 N–H and O–H groups in total. The molecule has 0 spiro atoms. The Bertz CT molecular complexity index is 1700.